The second kappa shape index (κ2) is 10.8. The average Bonchev–Trinajstić information content (AvgIpc) is 2.52. The van der Waals surface area contributed by atoms with Crippen LogP contribution in [0.3, 0.4) is 0 Å². The van der Waals surface area contributed by atoms with Gasteiger partial charge >= 0.3 is 0 Å². The van der Waals surface area contributed by atoms with Crippen LogP contribution in [0.5, 0.6) is 5.75 Å². The summed E-state index contributed by atoms with van der Waals surface area (Å²) >= 11 is 0. The number of nitrogens with zero attached hydrogens (tertiary/aromatic N) is 1. The standard InChI is InChI=1S/C16H26FN3O2/c1-4-21-11-7-10-19-16(18-3)20-12-13(2)22-15-9-6-5-8-14(15)17/h5-6,8-9,13H,4,7,10-12H2,1-3H3,(H2,18,19,20). The number of hydrogen-bond donors (Lipinski definition) is 2. The van der Waals surface area contributed by atoms with Gasteiger partial charge in [0.15, 0.2) is 17.5 Å². The van der Waals surface area contributed by atoms with Gasteiger partial charge in [-0.2, -0.15) is 0 Å². The SMILES string of the molecule is CCOCCCNC(=NC)NCC(C)Oc1ccccc1F. The monoisotopic (exact) mass is 311 g/mol. The van der Waals surface area contributed by atoms with Gasteiger partial charge in [0.25, 0.3) is 0 Å². The van der Waals surface area contributed by atoms with Crippen molar-refractivity contribution in [1.82, 2.24) is 10.6 Å². The highest BCUT2D eigenvalue weighted by molar-refractivity contribution is 5.79. The highest BCUT2D eigenvalue weighted by Crippen LogP contribution is 2.16. The molecule has 1 unspecified atom stereocenters. The van der Waals surface area contributed by atoms with Crippen molar-refractivity contribution in [1.29, 1.82) is 0 Å². The Bertz CT molecular complexity index is 455. The molecule has 0 aliphatic heterocycles. The summed E-state index contributed by atoms with van der Waals surface area (Å²) in [6.07, 6.45) is 0.731. The predicted molar refractivity (Wildman–Crippen MR) is 87.0 cm³/mol. The van der Waals surface area contributed by atoms with Crippen LogP contribution < -0.4 is 15.4 Å². The zero-order chi connectivity index (χ0) is 16.2. The van der Waals surface area contributed by atoms with Gasteiger partial charge in [-0.25, -0.2) is 4.39 Å². The van der Waals surface area contributed by atoms with Crippen molar-refractivity contribution >= 4 is 5.96 Å². The molecule has 0 radical (unpaired) electrons. The van der Waals surface area contributed by atoms with Gasteiger partial charge in [-0.15, -0.1) is 0 Å². The van der Waals surface area contributed by atoms with Crippen LogP contribution in [0.2, 0.25) is 0 Å². The Labute approximate surface area is 131 Å². The largest absolute Gasteiger partial charge is 0.486 e. The molecule has 0 saturated carbocycles. The highest BCUT2D eigenvalue weighted by Gasteiger charge is 2.08. The summed E-state index contributed by atoms with van der Waals surface area (Å²) in [7, 11) is 1.71. The van der Waals surface area contributed by atoms with Gasteiger partial charge in [-0.1, -0.05) is 12.1 Å². The first kappa shape index (κ1) is 18.2. The van der Waals surface area contributed by atoms with E-state index in [1.165, 1.54) is 6.07 Å². The van der Waals surface area contributed by atoms with Crippen LogP contribution in [-0.4, -0.2) is 45.4 Å². The van der Waals surface area contributed by atoms with E-state index in [0.717, 1.165) is 26.2 Å². The lowest BCUT2D eigenvalue weighted by atomic mass is 10.3. The third-order valence-electron chi connectivity index (χ3n) is 2.91. The maximum Gasteiger partial charge on any atom is 0.191 e. The van der Waals surface area contributed by atoms with Gasteiger partial charge < -0.3 is 20.1 Å². The van der Waals surface area contributed by atoms with Gasteiger partial charge in [0.1, 0.15) is 6.10 Å². The maximum atomic E-state index is 13.5. The van der Waals surface area contributed by atoms with Crippen molar-refractivity contribution in [2.75, 3.05) is 33.4 Å². The molecule has 6 heteroatoms. The second-order valence-corrected chi connectivity index (χ2v) is 4.79. The first-order chi connectivity index (χ1) is 10.7. The fourth-order valence-corrected chi connectivity index (χ4v) is 1.79. The molecule has 1 atom stereocenters. The summed E-state index contributed by atoms with van der Waals surface area (Å²) in [5.41, 5.74) is 0. The van der Waals surface area contributed by atoms with Crippen molar-refractivity contribution in [3.63, 3.8) is 0 Å². The first-order valence-corrected chi connectivity index (χ1v) is 7.60. The Morgan fingerprint density at radius 2 is 2.09 bits per heavy atom. The molecule has 124 valence electrons. The molecule has 0 saturated heterocycles. The van der Waals surface area contributed by atoms with Gasteiger partial charge in [-0.05, 0) is 32.4 Å². The lowest BCUT2D eigenvalue weighted by molar-refractivity contribution is 0.145. The second-order valence-electron chi connectivity index (χ2n) is 4.79. The number of nitrogens with one attached hydrogen (secondary N) is 2. The van der Waals surface area contributed by atoms with Crippen LogP contribution in [0.4, 0.5) is 4.39 Å². The fraction of sp³-hybridized carbons (Fsp3) is 0.562. The molecule has 0 aromatic heterocycles. The lowest BCUT2D eigenvalue weighted by Gasteiger charge is -2.18. The van der Waals surface area contributed by atoms with E-state index in [1.54, 1.807) is 25.2 Å². The molecule has 0 fully saturated rings. The molecule has 2 N–H and O–H groups in total. The molecule has 0 bridgehead atoms. The molecular weight excluding hydrogens is 285 g/mol. The number of aliphatic imine (C=N–C) groups is 1. The molecule has 1 rings (SSSR count). The predicted octanol–water partition coefficient (Wildman–Crippen LogP) is 2.18. The van der Waals surface area contributed by atoms with E-state index in [1.807, 2.05) is 13.8 Å². The molecule has 0 heterocycles. The quantitative estimate of drug-likeness (QED) is 0.417. The first-order valence-electron chi connectivity index (χ1n) is 7.60. The number of guanidine groups is 1. The van der Waals surface area contributed by atoms with E-state index in [0.29, 0.717) is 12.5 Å². The molecule has 0 aliphatic rings. The Kier molecular flexibility index (Phi) is 8.98. The summed E-state index contributed by atoms with van der Waals surface area (Å²) in [5.74, 6) is 0.602. The van der Waals surface area contributed by atoms with Crippen LogP contribution in [0.25, 0.3) is 0 Å². The Morgan fingerprint density at radius 1 is 1.32 bits per heavy atom. The van der Waals surface area contributed by atoms with E-state index in [-0.39, 0.29) is 17.7 Å². The third kappa shape index (κ3) is 7.26. The Morgan fingerprint density at radius 3 is 2.77 bits per heavy atom. The van der Waals surface area contributed by atoms with E-state index >= 15 is 0 Å². The van der Waals surface area contributed by atoms with E-state index in [2.05, 4.69) is 15.6 Å². The molecule has 22 heavy (non-hydrogen) atoms. The molecule has 0 aliphatic carbocycles. The summed E-state index contributed by atoms with van der Waals surface area (Å²) in [6.45, 7) is 6.62. The van der Waals surface area contributed by atoms with Crippen LogP contribution >= 0.6 is 0 Å². The van der Waals surface area contributed by atoms with Crippen molar-refractivity contribution in [2.24, 2.45) is 4.99 Å². The molecular formula is C16H26FN3O2. The van der Waals surface area contributed by atoms with Gasteiger partial charge in [0, 0.05) is 26.8 Å². The number of halogens is 1. The number of ether oxygens (including phenoxy) is 2. The topological polar surface area (TPSA) is 54.9 Å². The maximum absolute atomic E-state index is 13.5. The van der Waals surface area contributed by atoms with Gasteiger partial charge in [0.2, 0.25) is 0 Å². The minimum absolute atomic E-state index is 0.182. The number of para-hydroxylation sites is 1. The summed E-state index contributed by atoms with van der Waals surface area (Å²) < 4.78 is 24.3. The smallest absolute Gasteiger partial charge is 0.191 e. The zero-order valence-electron chi connectivity index (χ0n) is 13.6. The summed E-state index contributed by atoms with van der Waals surface area (Å²) in [5, 5.41) is 6.34. The Balaban J connectivity index is 2.26. The van der Waals surface area contributed by atoms with Crippen molar-refractivity contribution in [3.05, 3.63) is 30.1 Å². The number of benzene rings is 1. The normalized spacial score (nSPS) is 12.8. The number of hydrogen-bond acceptors (Lipinski definition) is 3. The molecule has 0 amide bonds. The minimum atomic E-state index is -0.354. The lowest BCUT2D eigenvalue weighted by Crippen LogP contribution is -2.42. The van der Waals surface area contributed by atoms with Crippen molar-refractivity contribution in [3.8, 4) is 5.75 Å². The summed E-state index contributed by atoms with van der Waals surface area (Å²) in [6, 6.07) is 6.39. The van der Waals surface area contributed by atoms with Gasteiger partial charge in [-0.3, -0.25) is 4.99 Å². The number of rotatable bonds is 9. The average molecular weight is 311 g/mol. The van der Waals surface area contributed by atoms with Crippen LogP contribution in [0.1, 0.15) is 20.3 Å². The van der Waals surface area contributed by atoms with E-state index in [9.17, 15) is 4.39 Å². The van der Waals surface area contributed by atoms with Crippen LogP contribution in [-0.2, 0) is 4.74 Å². The van der Waals surface area contributed by atoms with Crippen molar-refractivity contribution < 1.29 is 13.9 Å². The summed E-state index contributed by atoms with van der Waals surface area (Å²) in [4.78, 5) is 4.13. The molecule has 1 aromatic rings. The Hall–Kier alpha value is -1.82. The zero-order valence-corrected chi connectivity index (χ0v) is 13.6. The molecule has 0 spiro atoms. The van der Waals surface area contributed by atoms with Crippen molar-refractivity contribution in [2.45, 2.75) is 26.4 Å². The molecule has 5 nitrogen and oxygen atoms in total. The third-order valence-corrected chi connectivity index (χ3v) is 2.91. The highest BCUT2D eigenvalue weighted by atomic mass is 19.1. The van der Waals surface area contributed by atoms with Crippen LogP contribution in [0, 0.1) is 5.82 Å². The van der Waals surface area contributed by atoms with E-state index in [4.69, 9.17) is 9.47 Å². The molecule has 1 aromatic carbocycles. The fourth-order valence-electron chi connectivity index (χ4n) is 1.79. The van der Waals surface area contributed by atoms with E-state index < -0.39 is 0 Å². The minimum Gasteiger partial charge on any atom is -0.486 e. The van der Waals surface area contributed by atoms with Gasteiger partial charge in [0.05, 0.1) is 6.54 Å². The van der Waals surface area contributed by atoms with Crippen LogP contribution in [0.15, 0.2) is 29.3 Å².